The number of hydrogen-bond donors (Lipinski definition) is 1. The van der Waals surface area contributed by atoms with Crippen LogP contribution in [0.25, 0.3) is 38.6 Å². The molecule has 1 N–H and O–H groups in total. The van der Waals surface area contributed by atoms with Gasteiger partial charge >= 0.3 is 0 Å². The highest BCUT2D eigenvalue weighted by Crippen LogP contribution is 2.29. The summed E-state index contributed by atoms with van der Waals surface area (Å²) in [5, 5.41) is 18.1. The van der Waals surface area contributed by atoms with Gasteiger partial charge in [0.05, 0.1) is 12.0 Å². The average molecular weight is 594 g/mol. The lowest BCUT2D eigenvalue weighted by molar-refractivity contribution is -0.118. The third-order valence-corrected chi connectivity index (χ3v) is 7.62. The van der Waals surface area contributed by atoms with Gasteiger partial charge in [0.1, 0.15) is 0 Å². The molecule has 9 heteroatoms. The lowest BCUT2D eigenvalue weighted by Crippen LogP contribution is -2.20. The first-order valence-corrected chi connectivity index (χ1v) is 13.9. The van der Waals surface area contributed by atoms with Crippen molar-refractivity contribution in [3.8, 4) is 17.1 Å². The van der Waals surface area contributed by atoms with Crippen LogP contribution in [0.2, 0.25) is 0 Å². The van der Waals surface area contributed by atoms with Gasteiger partial charge in [-0.15, -0.1) is 10.2 Å². The summed E-state index contributed by atoms with van der Waals surface area (Å²) in [6, 6.07) is 30.1. The highest BCUT2D eigenvalue weighted by atomic mass is 79.9. The molecule has 2 heterocycles. The Kier molecular flexibility index (Phi) is 7.16. The summed E-state index contributed by atoms with van der Waals surface area (Å²) < 4.78 is 2.89. The number of hydrogen-bond acceptors (Lipinski definition) is 6. The zero-order valence-corrected chi connectivity index (χ0v) is 22.9. The zero-order valence-electron chi connectivity index (χ0n) is 20.5. The minimum absolute atomic E-state index is 0.120. The van der Waals surface area contributed by atoms with Crippen LogP contribution in [0.3, 0.4) is 0 Å². The number of hydrazone groups is 1. The maximum atomic E-state index is 12.8. The molecule has 0 spiro atoms. The van der Waals surface area contributed by atoms with Gasteiger partial charge in [-0.25, -0.2) is 5.43 Å². The van der Waals surface area contributed by atoms with Crippen LogP contribution in [0.4, 0.5) is 0 Å². The Morgan fingerprint density at radius 1 is 0.923 bits per heavy atom. The molecular weight excluding hydrogens is 572 g/mol. The standard InChI is InChI=1S/C30H21BrN6OS/c31-23-11-13-24(14-12-23)37-29(22-8-5-15-32-17-22)35-36-30(37)39-19-28(38)34-33-18-27-25-9-3-1-6-20(25)16-21-7-2-4-10-26(21)27/h1-18H,19H2,(H,34,38). The number of fused-ring (bicyclic) bond motifs is 2. The molecule has 0 fully saturated rings. The van der Waals surface area contributed by atoms with Crippen molar-refractivity contribution in [1.29, 1.82) is 0 Å². The summed E-state index contributed by atoms with van der Waals surface area (Å²) in [5.74, 6) is 0.526. The topological polar surface area (TPSA) is 85.1 Å². The molecule has 0 atom stereocenters. The van der Waals surface area contributed by atoms with Gasteiger partial charge in [-0.3, -0.25) is 14.3 Å². The van der Waals surface area contributed by atoms with E-state index in [1.165, 1.54) is 11.8 Å². The number of nitrogens with zero attached hydrogens (tertiary/aromatic N) is 5. The van der Waals surface area contributed by atoms with Crippen molar-refractivity contribution in [3.05, 3.63) is 113 Å². The summed E-state index contributed by atoms with van der Waals surface area (Å²) in [4.78, 5) is 17.0. The van der Waals surface area contributed by atoms with E-state index in [0.717, 1.165) is 42.8 Å². The van der Waals surface area contributed by atoms with E-state index in [0.29, 0.717) is 11.0 Å². The van der Waals surface area contributed by atoms with E-state index >= 15 is 0 Å². The van der Waals surface area contributed by atoms with Crippen LogP contribution >= 0.6 is 27.7 Å². The maximum Gasteiger partial charge on any atom is 0.250 e. The van der Waals surface area contributed by atoms with Crippen LogP contribution in [0.1, 0.15) is 5.56 Å². The molecule has 0 unspecified atom stereocenters. The highest BCUT2D eigenvalue weighted by Gasteiger charge is 2.17. The Hall–Kier alpha value is -4.34. The predicted octanol–water partition coefficient (Wildman–Crippen LogP) is 6.64. The highest BCUT2D eigenvalue weighted by molar-refractivity contribution is 9.10. The van der Waals surface area contributed by atoms with E-state index in [4.69, 9.17) is 0 Å². The summed E-state index contributed by atoms with van der Waals surface area (Å²) in [6.45, 7) is 0. The van der Waals surface area contributed by atoms with Gasteiger partial charge in [0, 0.05) is 33.7 Å². The number of carbonyl (C=O) groups excluding carboxylic acids is 1. The number of pyridine rings is 1. The molecule has 39 heavy (non-hydrogen) atoms. The third kappa shape index (κ3) is 5.32. The molecule has 0 aliphatic heterocycles. The van der Waals surface area contributed by atoms with Crippen molar-refractivity contribution in [2.45, 2.75) is 5.16 Å². The molecular formula is C30H21BrN6OS. The number of rotatable bonds is 7. The molecule has 0 bridgehead atoms. The molecule has 0 aliphatic rings. The van der Waals surface area contributed by atoms with Crippen LogP contribution in [-0.4, -0.2) is 37.6 Å². The van der Waals surface area contributed by atoms with Crippen LogP contribution in [0.15, 0.2) is 118 Å². The van der Waals surface area contributed by atoms with Gasteiger partial charge < -0.3 is 0 Å². The lowest BCUT2D eigenvalue weighted by atomic mass is 9.97. The van der Waals surface area contributed by atoms with Gasteiger partial charge in [-0.05, 0) is 64.0 Å². The van der Waals surface area contributed by atoms with Crippen molar-refractivity contribution in [3.63, 3.8) is 0 Å². The Labute approximate surface area is 237 Å². The van der Waals surface area contributed by atoms with Crippen molar-refractivity contribution in [2.75, 3.05) is 5.75 Å². The minimum Gasteiger partial charge on any atom is -0.272 e. The number of halogens is 1. The molecule has 0 saturated carbocycles. The van der Waals surface area contributed by atoms with Gasteiger partial charge in [0.25, 0.3) is 5.91 Å². The number of thioether (sulfide) groups is 1. The summed E-state index contributed by atoms with van der Waals surface area (Å²) >= 11 is 4.78. The molecule has 6 aromatic rings. The third-order valence-electron chi connectivity index (χ3n) is 6.17. The number of aromatic nitrogens is 4. The van der Waals surface area contributed by atoms with Crippen LogP contribution in [0.5, 0.6) is 0 Å². The summed E-state index contributed by atoms with van der Waals surface area (Å²) in [7, 11) is 0. The number of amides is 1. The van der Waals surface area contributed by atoms with E-state index in [9.17, 15) is 4.79 Å². The predicted molar refractivity (Wildman–Crippen MR) is 160 cm³/mol. The Morgan fingerprint density at radius 2 is 1.64 bits per heavy atom. The smallest absolute Gasteiger partial charge is 0.250 e. The minimum atomic E-state index is -0.242. The Morgan fingerprint density at radius 3 is 2.33 bits per heavy atom. The molecule has 7 nitrogen and oxygen atoms in total. The Bertz CT molecular complexity index is 1770. The fourth-order valence-electron chi connectivity index (χ4n) is 4.39. The first kappa shape index (κ1) is 25.0. The molecule has 1 amide bonds. The molecule has 2 aromatic heterocycles. The first-order valence-electron chi connectivity index (χ1n) is 12.1. The Balaban J connectivity index is 1.22. The van der Waals surface area contributed by atoms with Crippen LogP contribution < -0.4 is 5.43 Å². The van der Waals surface area contributed by atoms with E-state index in [-0.39, 0.29) is 11.7 Å². The molecule has 0 aliphatic carbocycles. The van der Waals surface area contributed by atoms with Crippen molar-refractivity contribution >= 4 is 61.4 Å². The van der Waals surface area contributed by atoms with E-state index < -0.39 is 0 Å². The maximum absolute atomic E-state index is 12.8. The largest absolute Gasteiger partial charge is 0.272 e. The number of carbonyl (C=O) groups is 1. The quantitative estimate of drug-likeness (QED) is 0.0971. The summed E-state index contributed by atoms with van der Waals surface area (Å²) in [5.41, 5.74) is 5.35. The number of nitrogens with one attached hydrogen (secondary N) is 1. The summed E-state index contributed by atoms with van der Waals surface area (Å²) in [6.07, 6.45) is 5.18. The molecule has 6 rings (SSSR count). The zero-order chi connectivity index (χ0) is 26.6. The van der Waals surface area contributed by atoms with Crippen LogP contribution in [0, 0.1) is 0 Å². The van der Waals surface area contributed by atoms with E-state index in [1.54, 1.807) is 18.6 Å². The monoisotopic (exact) mass is 592 g/mol. The second kappa shape index (κ2) is 11.2. The molecule has 190 valence electrons. The molecule has 4 aromatic carbocycles. The molecule has 0 saturated heterocycles. The average Bonchev–Trinajstić information content (AvgIpc) is 3.40. The first-order chi connectivity index (χ1) is 19.2. The van der Waals surface area contributed by atoms with E-state index in [1.807, 2.05) is 65.2 Å². The number of benzene rings is 4. The van der Waals surface area contributed by atoms with Crippen LogP contribution in [-0.2, 0) is 4.79 Å². The van der Waals surface area contributed by atoms with Crippen molar-refractivity contribution in [2.24, 2.45) is 5.10 Å². The fourth-order valence-corrected chi connectivity index (χ4v) is 5.40. The van der Waals surface area contributed by atoms with Crippen molar-refractivity contribution < 1.29 is 4.79 Å². The van der Waals surface area contributed by atoms with Gasteiger partial charge in [-0.1, -0.05) is 76.2 Å². The van der Waals surface area contributed by atoms with Gasteiger partial charge in [0.15, 0.2) is 11.0 Å². The SMILES string of the molecule is O=C(CSc1nnc(-c2cccnc2)n1-c1ccc(Br)cc1)NN=Cc1c2ccccc2cc2ccccc12. The van der Waals surface area contributed by atoms with E-state index in [2.05, 4.69) is 72.0 Å². The van der Waals surface area contributed by atoms with Gasteiger partial charge in [0.2, 0.25) is 0 Å². The second-order valence-corrected chi connectivity index (χ2v) is 10.5. The van der Waals surface area contributed by atoms with Gasteiger partial charge in [-0.2, -0.15) is 5.10 Å². The lowest BCUT2D eigenvalue weighted by Gasteiger charge is -2.10. The normalized spacial score (nSPS) is 11.4. The second-order valence-electron chi connectivity index (χ2n) is 8.67. The molecule has 0 radical (unpaired) electrons. The van der Waals surface area contributed by atoms with Crippen molar-refractivity contribution in [1.82, 2.24) is 25.2 Å². The fraction of sp³-hybridized carbons (Fsp3) is 0.0333.